The highest BCUT2D eigenvalue weighted by Crippen LogP contribution is 2.42. The van der Waals surface area contributed by atoms with Gasteiger partial charge in [-0.1, -0.05) is 91.0 Å². The molecule has 4 heteroatoms. The van der Waals surface area contributed by atoms with Gasteiger partial charge in [0.15, 0.2) is 0 Å². The highest BCUT2D eigenvalue weighted by molar-refractivity contribution is 7.26. The van der Waals surface area contributed by atoms with E-state index in [0.717, 1.165) is 17.0 Å². The van der Waals surface area contributed by atoms with Crippen molar-refractivity contribution in [2.45, 2.75) is 0 Å². The van der Waals surface area contributed by atoms with E-state index in [-0.39, 0.29) is 0 Å². The lowest BCUT2D eigenvalue weighted by Crippen LogP contribution is -2.02. The fraction of sp³-hybridized carbons (Fsp3) is 0. The number of aromatic nitrogens is 3. The van der Waals surface area contributed by atoms with E-state index in [0.29, 0.717) is 0 Å². The van der Waals surface area contributed by atoms with Gasteiger partial charge in [0.2, 0.25) is 0 Å². The largest absolute Gasteiger partial charge is 0.308 e. The minimum absolute atomic E-state index is 0.931. The SMILES string of the molecule is c1ccc2c(c1)sc1c(-n3c4ccccc4c4ccccc43)cc(-n3c4ccccc4c4ccccc43)nc12. The molecule has 3 nitrogen and oxygen atoms in total. The van der Waals surface area contributed by atoms with E-state index < -0.39 is 0 Å². The minimum Gasteiger partial charge on any atom is -0.308 e. The molecule has 5 aromatic carbocycles. The van der Waals surface area contributed by atoms with E-state index in [1.165, 1.54) is 58.4 Å². The van der Waals surface area contributed by atoms with E-state index in [4.69, 9.17) is 4.98 Å². The second-order valence-corrected chi connectivity index (χ2v) is 11.1. The zero-order valence-corrected chi connectivity index (χ0v) is 21.7. The molecular formula is C35H21N3S. The monoisotopic (exact) mass is 515 g/mol. The fourth-order valence-electron chi connectivity index (χ4n) is 6.28. The standard InChI is InChI=1S/C35H21N3S/c1-6-16-27-22(11-1)23-12-2-7-17-28(23)37(27)31-21-33(36-34-26-15-5-10-20-32(26)39-35(31)34)38-29-18-8-3-13-24(29)25-14-4-9-19-30(25)38/h1-21H. The summed E-state index contributed by atoms with van der Waals surface area (Å²) in [6, 6.07) is 45.7. The maximum Gasteiger partial charge on any atom is 0.140 e. The molecule has 9 rings (SSSR count). The van der Waals surface area contributed by atoms with Crippen molar-refractivity contribution in [2.75, 3.05) is 0 Å². The Hall–Kier alpha value is -4.93. The average molecular weight is 516 g/mol. The molecule has 0 radical (unpaired) electrons. The number of hydrogen-bond donors (Lipinski definition) is 0. The van der Waals surface area contributed by atoms with Gasteiger partial charge in [0.25, 0.3) is 0 Å². The summed E-state index contributed by atoms with van der Waals surface area (Å²) in [6.07, 6.45) is 0. The number of rotatable bonds is 2. The molecule has 0 spiro atoms. The molecule has 0 bridgehead atoms. The van der Waals surface area contributed by atoms with Crippen LogP contribution in [0.25, 0.3) is 75.4 Å². The molecular weight excluding hydrogens is 494 g/mol. The summed E-state index contributed by atoms with van der Waals surface area (Å²) in [5.41, 5.74) is 6.95. The molecule has 0 amide bonds. The van der Waals surface area contributed by atoms with E-state index in [9.17, 15) is 0 Å². The Labute approximate surface area is 227 Å². The molecule has 0 N–H and O–H groups in total. The van der Waals surface area contributed by atoms with Gasteiger partial charge in [-0.2, -0.15) is 0 Å². The van der Waals surface area contributed by atoms with E-state index in [1.54, 1.807) is 0 Å². The first-order valence-electron chi connectivity index (χ1n) is 13.2. The summed E-state index contributed by atoms with van der Waals surface area (Å²) in [4.78, 5) is 5.40. The molecule has 0 unspecified atom stereocenters. The van der Waals surface area contributed by atoms with Crippen LogP contribution in [0.1, 0.15) is 0 Å². The fourth-order valence-corrected chi connectivity index (χ4v) is 7.43. The lowest BCUT2D eigenvalue weighted by atomic mass is 10.2. The summed E-state index contributed by atoms with van der Waals surface area (Å²) in [6.45, 7) is 0. The van der Waals surface area contributed by atoms with E-state index in [2.05, 4.69) is 137 Å². The third kappa shape index (κ3) is 2.84. The van der Waals surface area contributed by atoms with Crippen LogP contribution >= 0.6 is 11.3 Å². The minimum atomic E-state index is 0.931. The molecule has 39 heavy (non-hydrogen) atoms. The molecule has 4 aromatic heterocycles. The second kappa shape index (κ2) is 7.79. The summed E-state index contributed by atoms with van der Waals surface area (Å²) >= 11 is 1.82. The number of hydrogen-bond acceptors (Lipinski definition) is 2. The van der Waals surface area contributed by atoms with Gasteiger partial charge in [-0.25, -0.2) is 4.98 Å². The molecule has 0 saturated heterocycles. The Bertz CT molecular complexity index is 2300. The molecule has 0 saturated carbocycles. The maximum atomic E-state index is 5.40. The van der Waals surface area contributed by atoms with Crippen molar-refractivity contribution in [3.63, 3.8) is 0 Å². The van der Waals surface area contributed by atoms with Crippen LogP contribution in [0.15, 0.2) is 127 Å². The quantitative estimate of drug-likeness (QED) is 0.225. The highest BCUT2D eigenvalue weighted by Gasteiger charge is 2.20. The van der Waals surface area contributed by atoms with Crippen molar-refractivity contribution in [3.8, 4) is 11.5 Å². The number of thiophene rings is 1. The van der Waals surface area contributed by atoms with Crippen LogP contribution in [-0.2, 0) is 0 Å². The van der Waals surface area contributed by atoms with Crippen LogP contribution in [0.4, 0.5) is 0 Å². The molecule has 182 valence electrons. The Balaban J connectivity index is 1.50. The number of pyridine rings is 1. The molecule has 9 aromatic rings. The Kier molecular flexibility index (Phi) is 4.21. The predicted octanol–water partition coefficient (Wildman–Crippen LogP) is 9.64. The first kappa shape index (κ1) is 21.1. The first-order chi connectivity index (χ1) is 19.4. The van der Waals surface area contributed by atoms with E-state index in [1.807, 2.05) is 11.3 Å². The van der Waals surface area contributed by atoms with Crippen LogP contribution in [-0.4, -0.2) is 14.1 Å². The van der Waals surface area contributed by atoms with Crippen LogP contribution < -0.4 is 0 Å². The zero-order valence-electron chi connectivity index (χ0n) is 20.9. The molecule has 0 fully saturated rings. The number of para-hydroxylation sites is 4. The van der Waals surface area contributed by atoms with Crippen molar-refractivity contribution in [1.29, 1.82) is 0 Å². The number of fused-ring (bicyclic) bond motifs is 9. The van der Waals surface area contributed by atoms with Gasteiger partial charge in [-0.15, -0.1) is 11.3 Å². The second-order valence-electron chi connectivity index (χ2n) is 10.0. The van der Waals surface area contributed by atoms with Crippen LogP contribution in [0.2, 0.25) is 0 Å². The van der Waals surface area contributed by atoms with E-state index >= 15 is 0 Å². The van der Waals surface area contributed by atoms with Gasteiger partial charge in [0.1, 0.15) is 5.82 Å². The Morgan fingerprint density at radius 1 is 0.462 bits per heavy atom. The van der Waals surface area contributed by atoms with Gasteiger partial charge in [-0.3, -0.25) is 4.57 Å². The Morgan fingerprint density at radius 3 is 1.44 bits per heavy atom. The maximum absolute atomic E-state index is 5.40. The first-order valence-corrected chi connectivity index (χ1v) is 14.0. The summed E-state index contributed by atoms with van der Waals surface area (Å²) in [5.74, 6) is 0.931. The third-order valence-electron chi connectivity index (χ3n) is 7.92. The molecule has 0 atom stereocenters. The highest BCUT2D eigenvalue weighted by atomic mass is 32.1. The summed E-state index contributed by atoms with van der Waals surface area (Å²) in [7, 11) is 0. The van der Waals surface area contributed by atoms with Crippen molar-refractivity contribution in [2.24, 2.45) is 0 Å². The lowest BCUT2D eigenvalue weighted by molar-refractivity contribution is 1.09. The van der Waals surface area contributed by atoms with Gasteiger partial charge >= 0.3 is 0 Å². The molecule has 0 aliphatic heterocycles. The van der Waals surface area contributed by atoms with Crippen LogP contribution in [0.5, 0.6) is 0 Å². The molecule has 0 aliphatic rings. The summed E-state index contributed by atoms with van der Waals surface area (Å²) in [5, 5.41) is 6.20. The van der Waals surface area contributed by atoms with Crippen LogP contribution in [0, 0.1) is 0 Å². The topological polar surface area (TPSA) is 22.8 Å². The third-order valence-corrected chi connectivity index (χ3v) is 9.11. The normalized spacial score (nSPS) is 12.1. The number of nitrogens with zero attached hydrogens (tertiary/aromatic N) is 3. The van der Waals surface area contributed by atoms with Gasteiger partial charge in [0, 0.05) is 37.7 Å². The molecule has 0 aliphatic carbocycles. The van der Waals surface area contributed by atoms with Gasteiger partial charge in [-0.05, 0) is 30.3 Å². The average Bonchev–Trinajstić information content (AvgIpc) is 3.65. The molecule has 4 heterocycles. The smallest absolute Gasteiger partial charge is 0.140 e. The van der Waals surface area contributed by atoms with Gasteiger partial charge in [0.05, 0.1) is 38.0 Å². The van der Waals surface area contributed by atoms with Crippen molar-refractivity contribution < 1.29 is 0 Å². The summed E-state index contributed by atoms with van der Waals surface area (Å²) < 4.78 is 7.21. The van der Waals surface area contributed by atoms with Crippen molar-refractivity contribution in [3.05, 3.63) is 127 Å². The lowest BCUT2D eigenvalue weighted by Gasteiger charge is -2.13. The van der Waals surface area contributed by atoms with Crippen molar-refractivity contribution >= 4 is 75.3 Å². The predicted molar refractivity (Wildman–Crippen MR) is 166 cm³/mol. The van der Waals surface area contributed by atoms with Crippen LogP contribution in [0.3, 0.4) is 0 Å². The van der Waals surface area contributed by atoms with Crippen molar-refractivity contribution in [1.82, 2.24) is 14.1 Å². The number of benzene rings is 5. The Morgan fingerprint density at radius 2 is 0.897 bits per heavy atom. The zero-order chi connectivity index (χ0) is 25.5. The van der Waals surface area contributed by atoms with Gasteiger partial charge < -0.3 is 4.57 Å².